The van der Waals surface area contributed by atoms with Crippen LogP contribution in [0.1, 0.15) is 32.5 Å². The van der Waals surface area contributed by atoms with Gasteiger partial charge in [-0.25, -0.2) is 0 Å². The minimum atomic E-state index is -0.0870. The van der Waals surface area contributed by atoms with Gasteiger partial charge in [0.1, 0.15) is 11.9 Å². The van der Waals surface area contributed by atoms with Crippen LogP contribution in [0.25, 0.3) is 0 Å². The highest BCUT2D eigenvalue weighted by Crippen LogP contribution is 2.25. The van der Waals surface area contributed by atoms with Crippen molar-refractivity contribution in [2.45, 2.75) is 33.0 Å². The molecule has 1 heterocycles. The van der Waals surface area contributed by atoms with Crippen LogP contribution in [0.15, 0.2) is 24.3 Å². The maximum absolute atomic E-state index is 12.1. The summed E-state index contributed by atoms with van der Waals surface area (Å²) in [5.74, 6) is 0.959. The number of nitrogens with one attached hydrogen (secondary N) is 1. The van der Waals surface area contributed by atoms with E-state index in [4.69, 9.17) is 9.47 Å². The first-order valence-corrected chi connectivity index (χ1v) is 7.52. The monoisotopic (exact) mass is 292 g/mol. The quantitative estimate of drug-likeness (QED) is 0.834. The molecule has 0 aromatic heterocycles. The van der Waals surface area contributed by atoms with E-state index in [1.807, 2.05) is 49.9 Å². The summed E-state index contributed by atoms with van der Waals surface area (Å²) in [5, 5.41) is 3.25. The Hall–Kier alpha value is -1.59. The Balaban J connectivity index is 2.07. The van der Waals surface area contributed by atoms with Crippen LogP contribution < -0.4 is 10.1 Å². The van der Waals surface area contributed by atoms with E-state index in [9.17, 15) is 4.79 Å². The number of carbonyl (C=O) groups is 1. The molecule has 0 aliphatic carbocycles. The Morgan fingerprint density at radius 2 is 2.00 bits per heavy atom. The van der Waals surface area contributed by atoms with Crippen LogP contribution in [0.5, 0.6) is 5.75 Å². The summed E-state index contributed by atoms with van der Waals surface area (Å²) in [4.78, 5) is 13.9. The topological polar surface area (TPSA) is 50.8 Å². The lowest BCUT2D eigenvalue weighted by molar-refractivity contribution is -0.129. The highest BCUT2D eigenvalue weighted by molar-refractivity contribution is 5.81. The zero-order valence-corrected chi connectivity index (χ0v) is 13.0. The Bertz CT molecular complexity index is 461. The molecule has 2 rings (SSSR count). The number of carbonyl (C=O) groups excluding carboxylic acids is 1. The van der Waals surface area contributed by atoms with Crippen LogP contribution in [0.2, 0.25) is 0 Å². The predicted molar refractivity (Wildman–Crippen MR) is 81.2 cm³/mol. The summed E-state index contributed by atoms with van der Waals surface area (Å²) in [7, 11) is 0. The number of hydrogen-bond acceptors (Lipinski definition) is 4. The minimum absolute atomic E-state index is 0.0315. The highest BCUT2D eigenvalue weighted by Gasteiger charge is 2.32. The lowest BCUT2D eigenvalue weighted by atomic mass is 10.1. The van der Waals surface area contributed by atoms with E-state index < -0.39 is 0 Å². The zero-order valence-electron chi connectivity index (χ0n) is 13.0. The average Bonchev–Trinajstić information content (AvgIpc) is 2.82. The minimum Gasteiger partial charge on any atom is -0.494 e. The fourth-order valence-electron chi connectivity index (χ4n) is 2.57. The largest absolute Gasteiger partial charge is 0.494 e. The second kappa shape index (κ2) is 7.43. The van der Waals surface area contributed by atoms with E-state index in [0.29, 0.717) is 26.3 Å². The number of hydrogen-bond donors (Lipinski definition) is 1. The molecule has 1 fully saturated rings. The van der Waals surface area contributed by atoms with Gasteiger partial charge in [-0.3, -0.25) is 10.1 Å². The second-order valence-electron chi connectivity index (χ2n) is 5.10. The Labute approximate surface area is 126 Å². The molecular weight excluding hydrogens is 268 g/mol. The average molecular weight is 292 g/mol. The van der Waals surface area contributed by atoms with Gasteiger partial charge in [0.15, 0.2) is 0 Å². The molecule has 1 N–H and O–H groups in total. The Morgan fingerprint density at radius 1 is 1.29 bits per heavy atom. The number of ether oxygens (including phenoxy) is 2. The molecule has 0 radical (unpaired) electrons. The summed E-state index contributed by atoms with van der Waals surface area (Å²) in [5.41, 5.74) is 1.06. The van der Waals surface area contributed by atoms with Gasteiger partial charge in [0.25, 0.3) is 0 Å². The van der Waals surface area contributed by atoms with Crippen LogP contribution in [0, 0.1) is 0 Å². The molecule has 5 nitrogen and oxygen atoms in total. The molecular formula is C16H24N2O3. The maximum Gasteiger partial charge on any atom is 0.238 e. The van der Waals surface area contributed by atoms with E-state index in [1.165, 1.54) is 0 Å². The highest BCUT2D eigenvalue weighted by atomic mass is 16.5. The van der Waals surface area contributed by atoms with Crippen molar-refractivity contribution in [3.05, 3.63) is 29.8 Å². The van der Waals surface area contributed by atoms with E-state index in [1.54, 1.807) is 0 Å². The van der Waals surface area contributed by atoms with Crippen molar-refractivity contribution in [3.8, 4) is 5.75 Å². The smallest absolute Gasteiger partial charge is 0.238 e. The van der Waals surface area contributed by atoms with Crippen molar-refractivity contribution < 1.29 is 14.3 Å². The van der Waals surface area contributed by atoms with Gasteiger partial charge in [-0.2, -0.15) is 0 Å². The molecule has 1 aliphatic heterocycles. The molecule has 0 bridgehead atoms. The fourth-order valence-corrected chi connectivity index (χ4v) is 2.57. The third-order valence-corrected chi connectivity index (χ3v) is 3.49. The van der Waals surface area contributed by atoms with Gasteiger partial charge < -0.3 is 14.4 Å². The van der Waals surface area contributed by atoms with Crippen molar-refractivity contribution in [1.29, 1.82) is 0 Å². The van der Waals surface area contributed by atoms with Crippen LogP contribution in [-0.4, -0.2) is 43.2 Å². The van der Waals surface area contributed by atoms with Crippen LogP contribution in [0.3, 0.4) is 0 Å². The summed E-state index contributed by atoms with van der Waals surface area (Å²) in [6, 6.07) is 7.88. The Morgan fingerprint density at radius 3 is 2.62 bits per heavy atom. The molecule has 1 amide bonds. The molecule has 1 aromatic rings. The molecule has 0 saturated carbocycles. The van der Waals surface area contributed by atoms with Gasteiger partial charge in [0, 0.05) is 13.2 Å². The first-order valence-electron chi connectivity index (χ1n) is 7.52. The SMILES string of the molecule is CCOc1ccc(C2NCC(=O)N2CC(C)OCC)cc1. The van der Waals surface area contributed by atoms with Crippen LogP contribution in [0.4, 0.5) is 0 Å². The van der Waals surface area contributed by atoms with Crippen molar-refractivity contribution in [2.24, 2.45) is 0 Å². The number of amides is 1. The number of rotatable bonds is 7. The van der Waals surface area contributed by atoms with Crippen molar-refractivity contribution in [3.63, 3.8) is 0 Å². The zero-order chi connectivity index (χ0) is 15.2. The molecule has 2 atom stereocenters. The standard InChI is InChI=1S/C16H24N2O3/c1-4-20-12(3)11-18-15(19)10-17-16(18)13-6-8-14(9-7-13)21-5-2/h6-9,12,16-17H,4-5,10-11H2,1-3H3. The summed E-state index contributed by atoms with van der Waals surface area (Å²) >= 11 is 0. The van der Waals surface area contributed by atoms with E-state index in [2.05, 4.69) is 5.32 Å². The first kappa shape index (κ1) is 15.8. The fraction of sp³-hybridized carbons (Fsp3) is 0.562. The predicted octanol–water partition coefficient (Wildman–Crippen LogP) is 1.94. The van der Waals surface area contributed by atoms with Gasteiger partial charge in [-0.15, -0.1) is 0 Å². The molecule has 1 aliphatic rings. The van der Waals surface area contributed by atoms with E-state index in [0.717, 1.165) is 11.3 Å². The summed E-state index contributed by atoms with van der Waals surface area (Å²) in [6.45, 7) is 8.19. The van der Waals surface area contributed by atoms with Gasteiger partial charge in [-0.05, 0) is 38.5 Å². The van der Waals surface area contributed by atoms with E-state index >= 15 is 0 Å². The van der Waals surface area contributed by atoms with Gasteiger partial charge >= 0.3 is 0 Å². The summed E-state index contributed by atoms with van der Waals surface area (Å²) < 4.78 is 11.0. The molecule has 0 spiro atoms. The molecule has 5 heteroatoms. The lowest BCUT2D eigenvalue weighted by Gasteiger charge is -2.27. The molecule has 21 heavy (non-hydrogen) atoms. The molecule has 116 valence electrons. The van der Waals surface area contributed by atoms with E-state index in [-0.39, 0.29) is 18.2 Å². The molecule has 1 aromatic carbocycles. The molecule has 2 unspecified atom stereocenters. The normalized spacial score (nSPS) is 19.9. The van der Waals surface area contributed by atoms with Crippen molar-refractivity contribution >= 4 is 5.91 Å². The number of nitrogens with zero attached hydrogens (tertiary/aromatic N) is 1. The molecule has 1 saturated heterocycles. The van der Waals surface area contributed by atoms with Crippen LogP contribution in [-0.2, 0) is 9.53 Å². The van der Waals surface area contributed by atoms with Crippen molar-refractivity contribution in [2.75, 3.05) is 26.3 Å². The third-order valence-electron chi connectivity index (χ3n) is 3.49. The maximum atomic E-state index is 12.1. The van der Waals surface area contributed by atoms with Gasteiger partial charge in [-0.1, -0.05) is 12.1 Å². The van der Waals surface area contributed by atoms with Gasteiger partial charge in [0.2, 0.25) is 5.91 Å². The van der Waals surface area contributed by atoms with Crippen LogP contribution >= 0.6 is 0 Å². The lowest BCUT2D eigenvalue weighted by Crippen LogP contribution is -2.36. The second-order valence-corrected chi connectivity index (χ2v) is 5.10. The first-order chi connectivity index (χ1) is 10.2. The number of benzene rings is 1. The van der Waals surface area contributed by atoms with Gasteiger partial charge in [0.05, 0.1) is 19.3 Å². The Kier molecular flexibility index (Phi) is 5.59. The third kappa shape index (κ3) is 3.95. The van der Waals surface area contributed by atoms with Crippen molar-refractivity contribution in [1.82, 2.24) is 10.2 Å². The summed E-state index contributed by atoms with van der Waals surface area (Å²) in [6.07, 6.45) is -0.0554.